The highest BCUT2D eigenvalue weighted by molar-refractivity contribution is 9.11. The Balaban J connectivity index is 1.96. The van der Waals surface area contributed by atoms with Gasteiger partial charge in [-0.05, 0) is 40.2 Å². The van der Waals surface area contributed by atoms with E-state index in [-0.39, 0.29) is 5.82 Å². The van der Waals surface area contributed by atoms with E-state index in [1.807, 2.05) is 12.1 Å². The maximum Gasteiger partial charge on any atom is 0.141 e. The van der Waals surface area contributed by atoms with Gasteiger partial charge in [-0.15, -0.1) is 11.3 Å². The van der Waals surface area contributed by atoms with E-state index in [0.29, 0.717) is 12.4 Å². The molecular weight excluding hydrogens is 279 g/mol. The minimum atomic E-state index is -0.320. The summed E-state index contributed by atoms with van der Waals surface area (Å²) in [6.07, 6.45) is 1.20. The largest absolute Gasteiger partial charge is 0.365 e. The van der Waals surface area contributed by atoms with E-state index >= 15 is 0 Å². The molecule has 2 heterocycles. The molecule has 0 fully saturated rings. The third kappa shape index (κ3) is 3.00. The van der Waals surface area contributed by atoms with E-state index in [2.05, 4.69) is 26.2 Å². The monoisotopic (exact) mass is 286 g/mol. The van der Waals surface area contributed by atoms with Gasteiger partial charge in [0.25, 0.3) is 0 Å². The summed E-state index contributed by atoms with van der Waals surface area (Å²) >= 11 is 5.06. The third-order valence-electron chi connectivity index (χ3n) is 1.80. The molecule has 15 heavy (non-hydrogen) atoms. The van der Waals surface area contributed by atoms with Crippen molar-refractivity contribution in [3.8, 4) is 0 Å². The van der Waals surface area contributed by atoms with E-state index in [0.717, 1.165) is 3.79 Å². The van der Waals surface area contributed by atoms with Crippen LogP contribution in [0.15, 0.2) is 34.2 Å². The fourth-order valence-corrected chi connectivity index (χ4v) is 2.53. The maximum atomic E-state index is 12.6. The van der Waals surface area contributed by atoms with Crippen molar-refractivity contribution in [2.75, 3.05) is 5.32 Å². The molecule has 0 aliphatic rings. The normalized spacial score (nSPS) is 10.3. The lowest BCUT2D eigenvalue weighted by Crippen LogP contribution is -1.99. The molecule has 78 valence electrons. The Morgan fingerprint density at radius 2 is 2.20 bits per heavy atom. The van der Waals surface area contributed by atoms with Gasteiger partial charge < -0.3 is 5.32 Å². The zero-order chi connectivity index (χ0) is 10.7. The van der Waals surface area contributed by atoms with Crippen LogP contribution in [0.3, 0.4) is 0 Å². The quantitative estimate of drug-likeness (QED) is 0.932. The first-order valence-corrected chi connectivity index (χ1v) is 5.94. The number of hydrogen-bond acceptors (Lipinski definition) is 3. The molecule has 2 aromatic heterocycles. The Labute approximate surface area is 99.3 Å². The Kier molecular flexibility index (Phi) is 3.33. The van der Waals surface area contributed by atoms with Crippen molar-refractivity contribution in [3.63, 3.8) is 0 Å². The lowest BCUT2D eigenvalue weighted by molar-refractivity contribution is 0.621. The van der Waals surface area contributed by atoms with E-state index in [1.165, 1.54) is 17.1 Å². The highest BCUT2D eigenvalue weighted by Crippen LogP contribution is 2.22. The van der Waals surface area contributed by atoms with Crippen molar-refractivity contribution < 1.29 is 4.39 Å². The molecule has 0 saturated heterocycles. The van der Waals surface area contributed by atoms with E-state index in [9.17, 15) is 4.39 Å². The fraction of sp³-hybridized carbons (Fsp3) is 0.100. The molecule has 0 bridgehead atoms. The summed E-state index contributed by atoms with van der Waals surface area (Å²) in [6, 6.07) is 7.04. The first kappa shape index (κ1) is 10.6. The minimum absolute atomic E-state index is 0.320. The van der Waals surface area contributed by atoms with E-state index < -0.39 is 0 Å². The number of nitrogens with one attached hydrogen (secondary N) is 1. The van der Waals surface area contributed by atoms with Gasteiger partial charge in [0.1, 0.15) is 11.6 Å². The summed E-state index contributed by atoms with van der Waals surface area (Å²) in [5.74, 6) is 0.361. The second-order valence-electron chi connectivity index (χ2n) is 2.92. The van der Waals surface area contributed by atoms with Gasteiger partial charge in [-0.1, -0.05) is 0 Å². The molecule has 0 radical (unpaired) electrons. The van der Waals surface area contributed by atoms with Crippen LogP contribution in [0.5, 0.6) is 0 Å². The fourth-order valence-electron chi connectivity index (χ4n) is 1.10. The van der Waals surface area contributed by atoms with Gasteiger partial charge in [0.05, 0.1) is 16.5 Å². The smallest absolute Gasteiger partial charge is 0.141 e. The molecule has 1 N–H and O–H groups in total. The number of nitrogens with zero attached hydrogens (tertiary/aromatic N) is 1. The predicted molar refractivity (Wildman–Crippen MR) is 63.5 cm³/mol. The summed E-state index contributed by atoms with van der Waals surface area (Å²) in [5, 5.41) is 3.11. The van der Waals surface area contributed by atoms with Gasteiger partial charge in [0.15, 0.2) is 0 Å². The Morgan fingerprint density at radius 1 is 1.33 bits per heavy atom. The number of halogens is 2. The van der Waals surface area contributed by atoms with Gasteiger partial charge in [0.2, 0.25) is 0 Å². The van der Waals surface area contributed by atoms with Crippen molar-refractivity contribution in [3.05, 3.63) is 44.9 Å². The van der Waals surface area contributed by atoms with Crippen LogP contribution >= 0.6 is 27.3 Å². The molecule has 0 aliphatic carbocycles. The van der Waals surface area contributed by atoms with Crippen molar-refractivity contribution in [1.82, 2.24) is 4.98 Å². The maximum absolute atomic E-state index is 12.6. The number of pyridine rings is 1. The molecule has 0 aromatic carbocycles. The van der Waals surface area contributed by atoms with Crippen molar-refractivity contribution in [1.29, 1.82) is 0 Å². The van der Waals surface area contributed by atoms with Gasteiger partial charge in [0, 0.05) is 4.88 Å². The average molecular weight is 287 g/mol. The number of thiophene rings is 1. The molecule has 0 unspecified atom stereocenters. The SMILES string of the molecule is Fc1ccc(NCc2ccc(Br)s2)nc1. The molecule has 5 heteroatoms. The standard InChI is InChI=1S/C10H8BrFN2S/c11-9-3-2-8(15-9)6-14-10-4-1-7(12)5-13-10/h1-5H,6H2,(H,13,14). The zero-order valence-electron chi connectivity index (χ0n) is 7.71. The first-order chi connectivity index (χ1) is 7.24. The van der Waals surface area contributed by atoms with Crippen LogP contribution in [0.4, 0.5) is 10.2 Å². The second-order valence-corrected chi connectivity index (χ2v) is 5.47. The third-order valence-corrected chi connectivity index (χ3v) is 3.42. The van der Waals surface area contributed by atoms with Crippen LogP contribution in [0, 0.1) is 5.82 Å². The molecular formula is C10H8BrFN2S. The lowest BCUT2D eigenvalue weighted by atomic mass is 10.4. The van der Waals surface area contributed by atoms with Gasteiger partial charge in [-0.3, -0.25) is 0 Å². The first-order valence-electron chi connectivity index (χ1n) is 4.34. The lowest BCUT2D eigenvalue weighted by Gasteiger charge is -2.02. The van der Waals surface area contributed by atoms with Gasteiger partial charge in [-0.25, -0.2) is 9.37 Å². The molecule has 2 rings (SSSR count). The molecule has 0 spiro atoms. The van der Waals surface area contributed by atoms with Crippen molar-refractivity contribution in [2.24, 2.45) is 0 Å². The number of hydrogen-bond donors (Lipinski definition) is 1. The Morgan fingerprint density at radius 3 is 2.80 bits per heavy atom. The van der Waals surface area contributed by atoms with E-state index in [1.54, 1.807) is 17.4 Å². The molecule has 0 aliphatic heterocycles. The topological polar surface area (TPSA) is 24.9 Å². The molecule has 0 saturated carbocycles. The molecule has 0 atom stereocenters. The van der Waals surface area contributed by atoms with Crippen LogP contribution in [0.1, 0.15) is 4.88 Å². The molecule has 0 amide bonds. The second kappa shape index (κ2) is 4.72. The Hall–Kier alpha value is -0.940. The van der Waals surface area contributed by atoms with Crippen molar-refractivity contribution in [2.45, 2.75) is 6.54 Å². The predicted octanol–water partition coefficient (Wildman–Crippen LogP) is 3.66. The Bertz CT molecular complexity index is 441. The number of rotatable bonds is 3. The van der Waals surface area contributed by atoms with Crippen LogP contribution in [-0.4, -0.2) is 4.98 Å². The minimum Gasteiger partial charge on any atom is -0.365 e. The number of aromatic nitrogens is 1. The van der Waals surface area contributed by atoms with Crippen LogP contribution in [0.2, 0.25) is 0 Å². The number of anilines is 1. The average Bonchev–Trinajstić information content (AvgIpc) is 2.64. The van der Waals surface area contributed by atoms with Crippen LogP contribution in [-0.2, 0) is 6.54 Å². The summed E-state index contributed by atoms with van der Waals surface area (Å²) in [4.78, 5) is 5.11. The van der Waals surface area contributed by atoms with Gasteiger partial charge in [-0.2, -0.15) is 0 Å². The highest BCUT2D eigenvalue weighted by atomic mass is 79.9. The summed E-state index contributed by atoms with van der Waals surface area (Å²) in [5.41, 5.74) is 0. The zero-order valence-corrected chi connectivity index (χ0v) is 10.1. The van der Waals surface area contributed by atoms with Crippen molar-refractivity contribution >= 4 is 33.1 Å². The highest BCUT2D eigenvalue weighted by Gasteiger charge is 1.98. The summed E-state index contributed by atoms with van der Waals surface area (Å²) < 4.78 is 13.7. The van der Waals surface area contributed by atoms with E-state index in [4.69, 9.17) is 0 Å². The molecule has 2 aromatic rings. The summed E-state index contributed by atoms with van der Waals surface area (Å²) in [7, 11) is 0. The summed E-state index contributed by atoms with van der Waals surface area (Å²) in [6.45, 7) is 0.703. The molecule has 2 nitrogen and oxygen atoms in total. The van der Waals surface area contributed by atoms with Crippen LogP contribution in [0.25, 0.3) is 0 Å². The van der Waals surface area contributed by atoms with Gasteiger partial charge >= 0.3 is 0 Å². The van der Waals surface area contributed by atoms with Crippen LogP contribution < -0.4 is 5.32 Å².